The third-order valence-corrected chi connectivity index (χ3v) is 4.04. The standard InChI is InChI=1S/C16H24N2O3/c1-16(11-17)7-8-18(12-16)9-13-3-5-14(6-4-13)21-10-15(19)20-2/h3-6H,7-12,17H2,1-2H3. The van der Waals surface area contributed by atoms with E-state index in [0.29, 0.717) is 5.75 Å². The van der Waals surface area contributed by atoms with Crippen molar-refractivity contribution in [2.24, 2.45) is 11.1 Å². The first-order chi connectivity index (χ1) is 10.0. The summed E-state index contributed by atoms with van der Waals surface area (Å²) in [5, 5.41) is 0. The molecule has 1 unspecified atom stereocenters. The number of nitrogens with zero attached hydrogens (tertiary/aromatic N) is 1. The fourth-order valence-electron chi connectivity index (χ4n) is 2.58. The van der Waals surface area contributed by atoms with Crippen LogP contribution in [0.3, 0.4) is 0 Å². The van der Waals surface area contributed by atoms with Crippen molar-refractivity contribution in [1.82, 2.24) is 4.90 Å². The maximum atomic E-state index is 11.0. The van der Waals surface area contributed by atoms with E-state index in [1.165, 1.54) is 12.7 Å². The quantitative estimate of drug-likeness (QED) is 0.803. The molecule has 2 rings (SSSR count). The minimum Gasteiger partial charge on any atom is -0.482 e. The topological polar surface area (TPSA) is 64.8 Å². The highest BCUT2D eigenvalue weighted by Gasteiger charge is 2.32. The molecule has 0 aromatic heterocycles. The second kappa shape index (κ2) is 6.91. The summed E-state index contributed by atoms with van der Waals surface area (Å²) in [5.41, 5.74) is 7.32. The number of hydrogen-bond donors (Lipinski definition) is 1. The normalized spacial score (nSPS) is 22.2. The lowest BCUT2D eigenvalue weighted by Crippen LogP contribution is -2.31. The van der Waals surface area contributed by atoms with Crippen LogP contribution in [0.1, 0.15) is 18.9 Å². The van der Waals surface area contributed by atoms with E-state index in [1.54, 1.807) is 0 Å². The molecule has 0 saturated carbocycles. The van der Waals surface area contributed by atoms with Gasteiger partial charge in [-0.3, -0.25) is 4.90 Å². The maximum absolute atomic E-state index is 11.0. The first-order valence-corrected chi connectivity index (χ1v) is 7.26. The van der Waals surface area contributed by atoms with Crippen molar-refractivity contribution in [3.8, 4) is 5.75 Å². The van der Waals surface area contributed by atoms with Crippen molar-refractivity contribution in [2.75, 3.05) is 33.4 Å². The SMILES string of the molecule is COC(=O)COc1ccc(CN2CCC(C)(CN)C2)cc1. The molecule has 0 amide bonds. The number of benzene rings is 1. The van der Waals surface area contributed by atoms with Crippen LogP contribution in [0.4, 0.5) is 0 Å². The van der Waals surface area contributed by atoms with Gasteiger partial charge in [-0.15, -0.1) is 0 Å². The van der Waals surface area contributed by atoms with Gasteiger partial charge in [-0.1, -0.05) is 19.1 Å². The van der Waals surface area contributed by atoms with E-state index in [9.17, 15) is 4.79 Å². The van der Waals surface area contributed by atoms with Gasteiger partial charge in [0.25, 0.3) is 0 Å². The predicted molar refractivity (Wildman–Crippen MR) is 81.0 cm³/mol. The van der Waals surface area contributed by atoms with Gasteiger partial charge in [-0.2, -0.15) is 0 Å². The van der Waals surface area contributed by atoms with Crippen molar-refractivity contribution in [1.29, 1.82) is 0 Å². The highest BCUT2D eigenvalue weighted by atomic mass is 16.6. The van der Waals surface area contributed by atoms with Crippen molar-refractivity contribution in [2.45, 2.75) is 19.9 Å². The molecule has 0 spiro atoms. The fourth-order valence-corrected chi connectivity index (χ4v) is 2.58. The van der Waals surface area contributed by atoms with E-state index >= 15 is 0 Å². The number of esters is 1. The van der Waals surface area contributed by atoms with Gasteiger partial charge in [0, 0.05) is 13.1 Å². The van der Waals surface area contributed by atoms with Gasteiger partial charge in [-0.05, 0) is 42.6 Å². The molecule has 0 aliphatic carbocycles. The average molecular weight is 292 g/mol. The van der Waals surface area contributed by atoms with E-state index in [1.807, 2.05) is 24.3 Å². The number of carbonyl (C=O) groups is 1. The number of methoxy groups -OCH3 is 1. The van der Waals surface area contributed by atoms with Gasteiger partial charge in [0.2, 0.25) is 0 Å². The first-order valence-electron chi connectivity index (χ1n) is 7.26. The van der Waals surface area contributed by atoms with Crippen LogP contribution in [0.5, 0.6) is 5.75 Å². The van der Waals surface area contributed by atoms with E-state index in [2.05, 4.69) is 16.6 Å². The molecule has 1 fully saturated rings. The van der Waals surface area contributed by atoms with Crippen LogP contribution in [0, 0.1) is 5.41 Å². The molecule has 1 saturated heterocycles. The fraction of sp³-hybridized carbons (Fsp3) is 0.562. The number of ether oxygens (including phenoxy) is 2. The van der Waals surface area contributed by atoms with Gasteiger partial charge < -0.3 is 15.2 Å². The van der Waals surface area contributed by atoms with E-state index < -0.39 is 0 Å². The summed E-state index contributed by atoms with van der Waals surface area (Å²) < 4.78 is 9.86. The Bertz CT molecular complexity index is 475. The van der Waals surface area contributed by atoms with Crippen LogP contribution in [0.15, 0.2) is 24.3 Å². The Morgan fingerprint density at radius 3 is 2.67 bits per heavy atom. The summed E-state index contributed by atoms with van der Waals surface area (Å²) in [6, 6.07) is 7.84. The largest absolute Gasteiger partial charge is 0.482 e. The first kappa shape index (κ1) is 15.8. The van der Waals surface area contributed by atoms with Crippen LogP contribution in [-0.2, 0) is 16.1 Å². The van der Waals surface area contributed by atoms with Gasteiger partial charge in [0.05, 0.1) is 7.11 Å². The Hall–Kier alpha value is -1.59. The van der Waals surface area contributed by atoms with Crippen LogP contribution >= 0.6 is 0 Å². The monoisotopic (exact) mass is 292 g/mol. The average Bonchev–Trinajstić information content (AvgIpc) is 2.88. The molecule has 0 bridgehead atoms. The van der Waals surface area contributed by atoms with E-state index in [4.69, 9.17) is 10.5 Å². The molecular weight excluding hydrogens is 268 g/mol. The van der Waals surface area contributed by atoms with Crippen LogP contribution < -0.4 is 10.5 Å². The van der Waals surface area contributed by atoms with Crippen LogP contribution in [-0.4, -0.2) is 44.2 Å². The zero-order valence-electron chi connectivity index (χ0n) is 12.8. The third-order valence-electron chi connectivity index (χ3n) is 4.04. The zero-order chi connectivity index (χ0) is 15.3. The lowest BCUT2D eigenvalue weighted by molar-refractivity contribution is -0.142. The molecule has 1 aliphatic rings. The molecule has 1 atom stereocenters. The summed E-state index contributed by atoms with van der Waals surface area (Å²) in [5.74, 6) is 0.301. The Kier molecular flexibility index (Phi) is 5.20. The number of nitrogens with two attached hydrogens (primary N) is 1. The summed E-state index contributed by atoms with van der Waals surface area (Å²) in [7, 11) is 1.35. The molecule has 21 heavy (non-hydrogen) atoms. The Balaban J connectivity index is 1.84. The molecular formula is C16H24N2O3. The molecule has 5 nitrogen and oxygen atoms in total. The number of likely N-dealkylation sites (tertiary alicyclic amines) is 1. The van der Waals surface area contributed by atoms with Crippen LogP contribution in [0.25, 0.3) is 0 Å². The summed E-state index contributed by atoms with van der Waals surface area (Å²) in [6.45, 7) is 5.99. The van der Waals surface area contributed by atoms with Crippen molar-refractivity contribution < 1.29 is 14.3 Å². The molecule has 1 aromatic carbocycles. The Morgan fingerprint density at radius 1 is 1.38 bits per heavy atom. The molecule has 1 aromatic rings. The number of rotatable bonds is 6. The molecule has 2 N–H and O–H groups in total. The predicted octanol–water partition coefficient (Wildman–Crippen LogP) is 1.41. The summed E-state index contributed by atoms with van der Waals surface area (Å²) >= 11 is 0. The van der Waals surface area contributed by atoms with Gasteiger partial charge in [-0.25, -0.2) is 4.79 Å². The van der Waals surface area contributed by atoms with Crippen molar-refractivity contribution in [3.05, 3.63) is 29.8 Å². The van der Waals surface area contributed by atoms with E-state index in [-0.39, 0.29) is 18.0 Å². The number of carbonyl (C=O) groups excluding carboxylic acids is 1. The maximum Gasteiger partial charge on any atom is 0.343 e. The highest BCUT2D eigenvalue weighted by molar-refractivity contribution is 5.70. The second-order valence-corrected chi connectivity index (χ2v) is 5.98. The van der Waals surface area contributed by atoms with Crippen molar-refractivity contribution >= 4 is 5.97 Å². The zero-order valence-corrected chi connectivity index (χ0v) is 12.8. The minimum absolute atomic E-state index is 0.0587. The highest BCUT2D eigenvalue weighted by Crippen LogP contribution is 2.29. The lowest BCUT2D eigenvalue weighted by Gasteiger charge is -2.22. The number of hydrogen-bond acceptors (Lipinski definition) is 5. The van der Waals surface area contributed by atoms with Gasteiger partial charge in [0.1, 0.15) is 5.75 Å². The third kappa shape index (κ3) is 4.44. The van der Waals surface area contributed by atoms with Crippen LogP contribution in [0.2, 0.25) is 0 Å². The minimum atomic E-state index is -0.378. The smallest absolute Gasteiger partial charge is 0.343 e. The van der Waals surface area contributed by atoms with Gasteiger partial charge in [0.15, 0.2) is 6.61 Å². The molecule has 1 heterocycles. The van der Waals surface area contributed by atoms with Gasteiger partial charge >= 0.3 is 5.97 Å². The molecule has 0 radical (unpaired) electrons. The summed E-state index contributed by atoms with van der Waals surface area (Å²) in [4.78, 5) is 13.4. The molecule has 116 valence electrons. The summed E-state index contributed by atoms with van der Waals surface area (Å²) in [6.07, 6.45) is 1.16. The van der Waals surface area contributed by atoms with E-state index in [0.717, 1.165) is 32.6 Å². The Labute approximate surface area is 126 Å². The second-order valence-electron chi connectivity index (χ2n) is 5.98. The van der Waals surface area contributed by atoms with Crippen molar-refractivity contribution in [3.63, 3.8) is 0 Å². The lowest BCUT2D eigenvalue weighted by atomic mass is 9.90. The Morgan fingerprint density at radius 2 is 2.10 bits per heavy atom. The molecule has 1 aliphatic heterocycles. The molecule has 5 heteroatoms.